The van der Waals surface area contributed by atoms with Crippen LogP contribution in [0.4, 0.5) is 0 Å². The Morgan fingerprint density at radius 2 is 1.83 bits per heavy atom. The molecule has 0 amide bonds. The average Bonchev–Trinajstić information content (AvgIpc) is 3.70. The fourth-order valence-electron chi connectivity index (χ4n) is 12.4. The van der Waals surface area contributed by atoms with Crippen molar-refractivity contribution in [1.82, 2.24) is 4.90 Å². The first-order valence-corrected chi connectivity index (χ1v) is 17.4. The van der Waals surface area contributed by atoms with E-state index in [1.54, 1.807) is 0 Å². The number of ether oxygens (including phenoxy) is 4. The summed E-state index contributed by atoms with van der Waals surface area (Å²) in [5.41, 5.74) is -4.16. The van der Waals surface area contributed by atoms with Crippen molar-refractivity contribution in [2.24, 2.45) is 51.8 Å². The van der Waals surface area contributed by atoms with Gasteiger partial charge in [0, 0.05) is 67.5 Å². The molecule has 0 radical (unpaired) electrons. The van der Waals surface area contributed by atoms with Crippen LogP contribution in [0.1, 0.15) is 66.7 Å². The number of rotatable bonds is 3. The Bertz CT molecular complexity index is 1410. The van der Waals surface area contributed by atoms with Crippen molar-refractivity contribution in [2.45, 2.75) is 96.2 Å². The van der Waals surface area contributed by atoms with Crippen LogP contribution in [0.15, 0.2) is 23.8 Å². The highest BCUT2D eigenvalue weighted by Gasteiger charge is 2.85. The molecule has 2 bridgehead atoms. The molecule has 14 atom stereocenters. The van der Waals surface area contributed by atoms with Gasteiger partial charge >= 0.3 is 17.9 Å². The van der Waals surface area contributed by atoms with E-state index < -0.39 is 57.6 Å². The molecule has 0 aromatic rings. The summed E-state index contributed by atoms with van der Waals surface area (Å²) in [6.07, 6.45) is 6.75. The van der Waals surface area contributed by atoms with Gasteiger partial charge in [0.15, 0.2) is 0 Å². The van der Waals surface area contributed by atoms with Gasteiger partial charge in [0.2, 0.25) is 0 Å². The molecular weight excluding hydrogens is 590 g/mol. The van der Waals surface area contributed by atoms with Crippen molar-refractivity contribution in [1.29, 1.82) is 0 Å². The van der Waals surface area contributed by atoms with Crippen LogP contribution < -0.4 is 0 Å². The monoisotopic (exact) mass is 639 g/mol. The zero-order valence-corrected chi connectivity index (χ0v) is 27.7. The second-order valence-electron chi connectivity index (χ2n) is 16.6. The summed E-state index contributed by atoms with van der Waals surface area (Å²) in [7, 11) is 0. The maximum absolute atomic E-state index is 14.8. The van der Waals surface area contributed by atoms with E-state index in [9.17, 15) is 24.6 Å². The Labute approximate surface area is 270 Å². The fraction of sp³-hybridized carbons (Fsp3) is 0.806. The van der Waals surface area contributed by atoms with Crippen molar-refractivity contribution in [3.63, 3.8) is 0 Å². The van der Waals surface area contributed by atoms with Crippen molar-refractivity contribution >= 4 is 17.9 Å². The summed E-state index contributed by atoms with van der Waals surface area (Å²) in [5, 5.41) is 24.4. The highest BCUT2D eigenvalue weighted by atomic mass is 16.6. The maximum Gasteiger partial charge on any atom is 0.313 e. The number of fused-ring (bicyclic) bond motifs is 6. The largest absolute Gasteiger partial charge is 0.462 e. The van der Waals surface area contributed by atoms with Crippen LogP contribution in [-0.2, 0) is 33.3 Å². The molecule has 8 aliphatic rings. The second kappa shape index (κ2) is 9.89. The van der Waals surface area contributed by atoms with Crippen molar-refractivity contribution in [3.05, 3.63) is 23.8 Å². The third-order valence-corrected chi connectivity index (χ3v) is 14.5. The van der Waals surface area contributed by atoms with E-state index >= 15 is 0 Å². The average molecular weight is 640 g/mol. The number of carbonyl (C=O) groups excluding carboxylic acids is 3. The molecule has 10 nitrogen and oxygen atoms in total. The van der Waals surface area contributed by atoms with E-state index in [1.165, 1.54) is 6.92 Å². The number of morpholine rings is 1. The van der Waals surface area contributed by atoms with E-state index in [1.807, 2.05) is 20.8 Å². The first-order valence-electron chi connectivity index (χ1n) is 17.4. The predicted octanol–water partition coefficient (Wildman–Crippen LogP) is 2.80. The highest BCUT2D eigenvalue weighted by Crippen LogP contribution is 2.80. The summed E-state index contributed by atoms with van der Waals surface area (Å²) >= 11 is 0. The van der Waals surface area contributed by atoms with Crippen molar-refractivity contribution < 1.29 is 43.5 Å². The minimum atomic E-state index is -1.19. The van der Waals surface area contributed by atoms with Crippen LogP contribution in [0, 0.1) is 51.8 Å². The number of aliphatic hydroxyl groups is 2. The van der Waals surface area contributed by atoms with Crippen LogP contribution in [0.3, 0.4) is 0 Å². The molecule has 1 spiro atoms. The molecule has 252 valence electrons. The van der Waals surface area contributed by atoms with Crippen LogP contribution >= 0.6 is 0 Å². The highest BCUT2D eigenvalue weighted by molar-refractivity contribution is 5.84. The Morgan fingerprint density at radius 3 is 2.54 bits per heavy atom. The summed E-state index contributed by atoms with van der Waals surface area (Å²) in [5.74, 6) is -2.76. The van der Waals surface area contributed by atoms with E-state index in [-0.39, 0.29) is 47.9 Å². The lowest BCUT2D eigenvalue weighted by atomic mass is 9.54. The molecule has 3 heterocycles. The van der Waals surface area contributed by atoms with E-state index in [4.69, 9.17) is 18.9 Å². The van der Waals surface area contributed by atoms with E-state index in [2.05, 4.69) is 30.1 Å². The molecule has 3 saturated carbocycles. The van der Waals surface area contributed by atoms with Crippen LogP contribution in [-0.4, -0.2) is 95.4 Å². The van der Waals surface area contributed by atoms with Gasteiger partial charge in [-0.15, -0.1) is 0 Å². The van der Waals surface area contributed by atoms with E-state index in [0.29, 0.717) is 45.4 Å². The van der Waals surface area contributed by atoms with Gasteiger partial charge in [0.1, 0.15) is 18.3 Å². The lowest BCUT2D eigenvalue weighted by molar-refractivity contribution is -0.165. The molecular formula is C36H49NO9. The van der Waals surface area contributed by atoms with Gasteiger partial charge in [-0.25, -0.2) is 0 Å². The topological polar surface area (TPSA) is 132 Å². The summed E-state index contributed by atoms with van der Waals surface area (Å²) in [4.78, 5) is 43.5. The van der Waals surface area contributed by atoms with Gasteiger partial charge < -0.3 is 29.2 Å². The zero-order chi connectivity index (χ0) is 32.6. The summed E-state index contributed by atoms with van der Waals surface area (Å²) < 4.78 is 24.6. The standard InChI is InChI=1S/C36H49NO9/c1-19-6-7-23-25(19)28-26(24(44-20(2)38)16-33(23,4)41)36(31(40)46-28)18-35-11-10-32(36,3)29(35)27-21(8-9-34(35,5)42)22(30(39)45-27)17-37-12-14-43-15-13-37/h6,10-11,21-29,41-42H,7-9,12-18H2,1-5H3/t21-,22-,23+,24-,25-,26+,27-,28+,29-,32+,33+,34+,35-,36-/m0/s1. The Morgan fingerprint density at radius 1 is 1.09 bits per heavy atom. The number of allylic oxidation sites excluding steroid dienone is 2. The maximum atomic E-state index is 14.8. The van der Waals surface area contributed by atoms with Crippen molar-refractivity contribution in [2.75, 3.05) is 32.8 Å². The van der Waals surface area contributed by atoms with Crippen molar-refractivity contribution in [3.8, 4) is 0 Å². The number of esters is 3. The lowest BCUT2D eigenvalue weighted by Gasteiger charge is -2.46. The zero-order valence-electron chi connectivity index (χ0n) is 27.7. The smallest absolute Gasteiger partial charge is 0.313 e. The third kappa shape index (κ3) is 3.81. The van der Waals surface area contributed by atoms with Crippen LogP contribution in [0.25, 0.3) is 0 Å². The van der Waals surface area contributed by atoms with Crippen LogP contribution in [0.2, 0.25) is 0 Å². The third-order valence-electron chi connectivity index (χ3n) is 14.5. The quantitative estimate of drug-likeness (QED) is 0.270. The van der Waals surface area contributed by atoms with Gasteiger partial charge in [-0.3, -0.25) is 19.3 Å². The first-order chi connectivity index (χ1) is 21.7. The number of hydrogen-bond donors (Lipinski definition) is 2. The Balaban J connectivity index is 1.26. The molecule has 46 heavy (non-hydrogen) atoms. The molecule has 0 aromatic heterocycles. The molecule has 3 aliphatic heterocycles. The SMILES string of the molecule is CC(=O)O[C@H]1C[C@@](C)(O)[C@@H]2CC=C(C)[C@@H]2[C@H]2OC(=O)[C@]3(C[C@@]45C=C[C@]3(C)[C@@H]4[C@H]3OC(=O)[C@@H](CN4CCOCC4)[C@@H]3CC[C@@]5(C)O)[C@@H]21. The summed E-state index contributed by atoms with van der Waals surface area (Å²) in [6, 6.07) is 0. The molecule has 3 saturated heterocycles. The van der Waals surface area contributed by atoms with Gasteiger partial charge in [0.25, 0.3) is 0 Å². The molecule has 6 fully saturated rings. The number of nitrogens with zero attached hydrogens (tertiary/aromatic N) is 1. The molecule has 2 N–H and O–H groups in total. The van der Waals surface area contributed by atoms with Gasteiger partial charge in [0.05, 0.1) is 41.7 Å². The number of hydrogen-bond acceptors (Lipinski definition) is 10. The molecule has 0 unspecified atom stereocenters. The van der Waals surface area contributed by atoms with Gasteiger partial charge in [-0.05, 0) is 46.5 Å². The van der Waals surface area contributed by atoms with E-state index in [0.717, 1.165) is 18.7 Å². The minimum absolute atomic E-state index is 0.111. The Hall–Kier alpha value is -2.27. The predicted molar refractivity (Wildman–Crippen MR) is 164 cm³/mol. The number of carbonyl (C=O) groups is 3. The Kier molecular flexibility index (Phi) is 6.67. The van der Waals surface area contributed by atoms with Gasteiger partial charge in [-0.1, -0.05) is 30.7 Å². The molecule has 10 heteroatoms. The molecule has 0 aromatic carbocycles. The minimum Gasteiger partial charge on any atom is -0.462 e. The van der Waals surface area contributed by atoms with Gasteiger partial charge in [-0.2, -0.15) is 0 Å². The molecule has 8 rings (SSSR count). The summed E-state index contributed by atoms with van der Waals surface area (Å²) in [6.45, 7) is 12.6. The van der Waals surface area contributed by atoms with Crippen LogP contribution in [0.5, 0.6) is 0 Å². The fourth-order valence-corrected chi connectivity index (χ4v) is 12.4. The second-order valence-corrected chi connectivity index (χ2v) is 16.6. The first kappa shape index (κ1) is 31.0. The molecule has 5 aliphatic carbocycles. The normalized spacial score (nSPS) is 53.9. The lowest BCUT2D eigenvalue weighted by Crippen LogP contribution is -2.53.